The van der Waals surface area contributed by atoms with Crippen molar-refractivity contribution in [1.82, 2.24) is 5.32 Å². The molecule has 0 aliphatic carbocycles. The van der Waals surface area contributed by atoms with Crippen LogP contribution < -0.4 is 10.1 Å². The van der Waals surface area contributed by atoms with Gasteiger partial charge in [-0.1, -0.05) is 19.1 Å². The van der Waals surface area contributed by atoms with E-state index < -0.39 is 0 Å². The molecule has 1 aromatic rings. The predicted molar refractivity (Wildman–Crippen MR) is 75.1 cm³/mol. The average Bonchev–Trinajstić information content (AvgIpc) is 2.37. The van der Waals surface area contributed by atoms with E-state index in [9.17, 15) is 0 Å². The number of benzene rings is 1. The molecule has 0 fully saturated rings. The molecule has 1 N–H and O–H groups in total. The van der Waals surface area contributed by atoms with Gasteiger partial charge in [-0.25, -0.2) is 0 Å². The van der Waals surface area contributed by atoms with Crippen molar-refractivity contribution in [2.24, 2.45) is 5.92 Å². The van der Waals surface area contributed by atoms with Crippen LogP contribution in [0.5, 0.6) is 5.75 Å². The van der Waals surface area contributed by atoms with Gasteiger partial charge in [0.05, 0.1) is 6.61 Å². The van der Waals surface area contributed by atoms with Gasteiger partial charge in [0.1, 0.15) is 5.75 Å². The van der Waals surface area contributed by atoms with Crippen LogP contribution in [0.4, 0.5) is 0 Å². The van der Waals surface area contributed by atoms with E-state index in [2.05, 4.69) is 31.3 Å². The maximum Gasteiger partial charge on any atom is 0.119 e. The highest BCUT2D eigenvalue weighted by Crippen LogP contribution is 2.17. The number of ether oxygens (including phenoxy) is 2. The molecule has 3 heteroatoms. The Labute approximate surface area is 110 Å². The lowest BCUT2D eigenvalue weighted by atomic mass is 10.1. The molecule has 1 aromatic carbocycles. The fraction of sp³-hybridized carbons (Fsp3) is 0.600. The van der Waals surface area contributed by atoms with Crippen molar-refractivity contribution in [3.63, 3.8) is 0 Å². The first kappa shape index (κ1) is 15.0. The van der Waals surface area contributed by atoms with E-state index in [4.69, 9.17) is 9.47 Å². The van der Waals surface area contributed by atoms with Crippen LogP contribution in [-0.4, -0.2) is 26.9 Å². The zero-order valence-corrected chi connectivity index (χ0v) is 11.9. The summed E-state index contributed by atoms with van der Waals surface area (Å²) in [6, 6.07) is 8.62. The Morgan fingerprint density at radius 1 is 1.17 bits per heavy atom. The highest BCUT2D eigenvalue weighted by molar-refractivity contribution is 5.28. The molecule has 0 amide bonds. The quantitative estimate of drug-likeness (QED) is 0.770. The highest BCUT2D eigenvalue weighted by Gasteiger charge is 2.07. The molecular formula is C15H25NO2. The molecule has 0 heterocycles. The summed E-state index contributed by atoms with van der Waals surface area (Å²) in [7, 11) is 1.74. The van der Waals surface area contributed by atoms with Gasteiger partial charge in [-0.2, -0.15) is 0 Å². The van der Waals surface area contributed by atoms with Gasteiger partial charge in [-0.05, 0) is 37.5 Å². The van der Waals surface area contributed by atoms with Crippen molar-refractivity contribution in [3.8, 4) is 5.75 Å². The van der Waals surface area contributed by atoms with Crippen molar-refractivity contribution in [2.45, 2.75) is 26.8 Å². The highest BCUT2D eigenvalue weighted by atomic mass is 16.5. The first-order valence-corrected chi connectivity index (χ1v) is 6.62. The fourth-order valence-corrected chi connectivity index (χ4v) is 1.86. The Morgan fingerprint density at radius 2 is 1.83 bits per heavy atom. The fourth-order valence-electron chi connectivity index (χ4n) is 1.86. The first-order valence-electron chi connectivity index (χ1n) is 6.62. The largest absolute Gasteiger partial charge is 0.494 e. The predicted octanol–water partition coefficient (Wildman–Crippen LogP) is 3.02. The van der Waals surface area contributed by atoms with E-state index in [-0.39, 0.29) is 0 Å². The molecule has 18 heavy (non-hydrogen) atoms. The van der Waals surface area contributed by atoms with Gasteiger partial charge in [-0.3, -0.25) is 0 Å². The van der Waals surface area contributed by atoms with Gasteiger partial charge >= 0.3 is 0 Å². The number of rotatable bonds is 8. The smallest absolute Gasteiger partial charge is 0.119 e. The van der Waals surface area contributed by atoms with Crippen LogP contribution in [0.2, 0.25) is 0 Å². The lowest BCUT2D eigenvalue weighted by Crippen LogP contribution is -2.26. The van der Waals surface area contributed by atoms with Crippen LogP contribution in [0.1, 0.15) is 32.4 Å². The van der Waals surface area contributed by atoms with Crippen molar-refractivity contribution < 1.29 is 9.47 Å². The van der Waals surface area contributed by atoms with Crippen molar-refractivity contribution in [2.75, 3.05) is 26.9 Å². The second-order valence-electron chi connectivity index (χ2n) is 4.69. The molecule has 0 aromatic heterocycles. The van der Waals surface area contributed by atoms with Crippen molar-refractivity contribution in [1.29, 1.82) is 0 Å². The van der Waals surface area contributed by atoms with E-state index in [1.165, 1.54) is 5.56 Å². The van der Waals surface area contributed by atoms with Gasteiger partial charge in [0.2, 0.25) is 0 Å². The molecule has 1 rings (SSSR count). The molecule has 3 nitrogen and oxygen atoms in total. The minimum Gasteiger partial charge on any atom is -0.494 e. The summed E-state index contributed by atoms with van der Waals surface area (Å²) >= 11 is 0. The van der Waals surface area contributed by atoms with Crippen LogP contribution in [0.25, 0.3) is 0 Å². The number of methoxy groups -OCH3 is 1. The van der Waals surface area contributed by atoms with E-state index in [1.807, 2.05) is 19.1 Å². The molecule has 2 unspecified atom stereocenters. The third-order valence-corrected chi connectivity index (χ3v) is 2.91. The van der Waals surface area contributed by atoms with E-state index >= 15 is 0 Å². The Hall–Kier alpha value is -1.06. The van der Waals surface area contributed by atoms with Crippen LogP contribution in [-0.2, 0) is 4.74 Å². The molecule has 0 aliphatic rings. The molecule has 0 radical (unpaired) electrons. The maximum atomic E-state index is 5.43. The van der Waals surface area contributed by atoms with Crippen LogP contribution >= 0.6 is 0 Å². The van der Waals surface area contributed by atoms with Gasteiger partial charge in [0.25, 0.3) is 0 Å². The Bertz CT molecular complexity index is 324. The first-order chi connectivity index (χ1) is 8.67. The minimum atomic E-state index is 0.347. The number of nitrogens with one attached hydrogen (secondary N) is 1. The zero-order chi connectivity index (χ0) is 13.4. The summed E-state index contributed by atoms with van der Waals surface area (Å²) in [4.78, 5) is 0. The normalized spacial score (nSPS) is 14.2. The summed E-state index contributed by atoms with van der Waals surface area (Å²) in [6.45, 7) is 8.82. The zero-order valence-electron chi connectivity index (χ0n) is 11.9. The standard InChI is InChI=1S/C15H25NO2/c1-5-18-15-8-6-14(7-9-15)13(3)16-10-12(2)11-17-4/h6-9,12-13,16H,5,10-11H2,1-4H3. The summed E-state index contributed by atoms with van der Waals surface area (Å²) in [5.41, 5.74) is 1.28. The van der Waals surface area contributed by atoms with Crippen molar-refractivity contribution in [3.05, 3.63) is 29.8 Å². The second-order valence-corrected chi connectivity index (χ2v) is 4.69. The van der Waals surface area contributed by atoms with Crippen LogP contribution in [0, 0.1) is 5.92 Å². The average molecular weight is 251 g/mol. The van der Waals surface area contributed by atoms with E-state index in [1.54, 1.807) is 7.11 Å². The number of hydrogen-bond donors (Lipinski definition) is 1. The van der Waals surface area contributed by atoms with Gasteiger partial charge in [0, 0.05) is 26.3 Å². The second kappa shape index (κ2) is 8.11. The molecular weight excluding hydrogens is 226 g/mol. The van der Waals surface area contributed by atoms with E-state index in [0.717, 1.165) is 18.9 Å². The van der Waals surface area contributed by atoms with Gasteiger partial charge in [-0.15, -0.1) is 0 Å². The third kappa shape index (κ3) is 5.07. The number of hydrogen-bond acceptors (Lipinski definition) is 3. The Balaban J connectivity index is 2.43. The van der Waals surface area contributed by atoms with Crippen LogP contribution in [0.15, 0.2) is 24.3 Å². The monoisotopic (exact) mass is 251 g/mol. The van der Waals surface area contributed by atoms with E-state index in [0.29, 0.717) is 18.6 Å². The Morgan fingerprint density at radius 3 is 2.39 bits per heavy atom. The molecule has 2 atom stereocenters. The summed E-state index contributed by atoms with van der Waals surface area (Å²) in [5.74, 6) is 1.46. The lowest BCUT2D eigenvalue weighted by molar-refractivity contribution is 0.157. The molecule has 102 valence electrons. The molecule has 0 spiro atoms. The topological polar surface area (TPSA) is 30.5 Å². The van der Waals surface area contributed by atoms with Crippen molar-refractivity contribution >= 4 is 0 Å². The summed E-state index contributed by atoms with van der Waals surface area (Å²) < 4.78 is 10.6. The molecule has 0 aliphatic heterocycles. The van der Waals surface area contributed by atoms with Gasteiger partial charge in [0.15, 0.2) is 0 Å². The lowest BCUT2D eigenvalue weighted by Gasteiger charge is -2.18. The minimum absolute atomic E-state index is 0.347. The van der Waals surface area contributed by atoms with Crippen LogP contribution in [0.3, 0.4) is 0 Å². The molecule has 0 saturated carbocycles. The Kier molecular flexibility index (Phi) is 6.76. The maximum absolute atomic E-state index is 5.43. The third-order valence-electron chi connectivity index (χ3n) is 2.91. The molecule has 0 saturated heterocycles. The summed E-state index contributed by atoms with van der Waals surface area (Å²) in [6.07, 6.45) is 0. The SMILES string of the molecule is CCOc1ccc(C(C)NCC(C)COC)cc1. The molecule has 0 bridgehead atoms. The van der Waals surface area contributed by atoms with Gasteiger partial charge < -0.3 is 14.8 Å². The summed E-state index contributed by atoms with van der Waals surface area (Å²) in [5, 5.41) is 3.51.